The molecule has 0 saturated carbocycles. The van der Waals surface area contributed by atoms with E-state index in [0.717, 1.165) is 5.56 Å². The normalized spacial score (nSPS) is 25.8. The highest BCUT2D eigenvalue weighted by molar-refractivity contribution is 7.84. The van der Waals surface area contributed by atoms with Gasteiger partial charge in [-0.25, -0.2) is 5.14 Å². The fraction of sp³-hybridized carbons (Fsp3) is 0.538. The molecule has 1 aliphatic rings. The first-order valence-electron chi connectivity index (χ1n) is 6.34. The zero-order valence-corrected chi connectivity index (χ0v) is 12.3. The van der Waals surface area contributed by atoms with Crippen molar-refractivity contribution in [3.05, 3.63) is 35.9 Å². The molecule has 1 fully saturated rings. The molecule has 20 heavy (non-hydrogen) atoms. The molecule has 0 radical (unpaired) electrons. The van der Waals surface area contributed by atoms with Crippen LogP contribution in [0.1, 0.15) is 31.9 Å². The number of benzene rings is 1. The van der Waals surface area contributed by atoms with Crippen LogP contribution in [0.5, 0.6) is 0 Å². The third kappa shape index (κ3) is 4.26. The molecule has 1 saturated heterocycles. The lowest BCUT2D eigenvalue weighted by molar-refractivity contribution is -0.147. The van der Waals surface area contributed by atoms with Gasteiger partial charge in [-0.05, 0) is 19.4 Å². The van der Waals surface area contributed by atoms with Gasteiger partial charge in [0.05, 0.1) is 12.7 Å². The zero-order chi connectivity index (χ0) is 14.8. The third-order valence-electron chi connectivity index (χ3n) is 2.96. The van der Waals surface area contributed by atoms with E-state index in [1.807, 2.05) is 44.2 Å². The first kappa shape index (κ1) is 15.4. The van der Waals surface area contributed by atoms with Crippen molar-refractivity contribution in [2.45, 2.75) is 38.3 Å². The Labute approximate surface area is 119 Å². The van der Waals surface area contributed by atoms with Crippen molar-refractivity contribution in [1.29, 1.82) is 0 Å². The molecule has 1 heterocycles. The zero-order valence-electron chi connectivity index (χ0n) is 11.5. The minimum Gasteiger partial charge on any atom is -0.344 e. The van der Waals surface area contributed by atoms with Crippen LogP contribution >= 0.6 is 0 Å². The van der Waals surface area contributed by atoms with Crippen molar-refractivity contribution in [3.8, 4) is 0 Å². The fourth-order valence-corrected chi connectivity index (χ4v) is 2.58. The minimum absolute atomic E-state index is 0.0354. The summed E-state index contributed by atoms with van der Waals surface area (Å²) in [5, 5.41) is 4.80. The second-order valence-electron chi connectivity index (χ2n) is 5.11. The van der Waals surface area contributed by atoms with Crippen LogP contribution in [0.15, 0.2) is 30.3 Å². The first-order valence-corrected chi connectivity index (χ1v) is 7.82. The maximum atomic E-state index is 10.8. The van der Waals surface area contributed by atoms with Crippen LogP contribution in [0.4, 0.5) is 0 Å². The summed E-state index contributed by atoms with van der Waals surface area (Å²) >= 11 is 0. The largest absolute Gasteiger partial charge is 0.344 e. The molecule has 0 aliphatic carbocycles. The molecular weight excluding hydrogens is 282 g/mol. The van der Waals surface area contributed by atoms with Gasteiger partial charge in [0.25, 0.3) is 0 Å². The van der Waals surface area contributed by atoms with Crippen LogP contribution in [0.25, 0.3) is 0 Å². The number of hydrogen-bond acceptors (Lipinski definition) is 5. The first-order chi connectivity index (χ1) is 9.27. The van der Waals surface area contributed by atoms with Gasteiger partial charge in [0.1, 0.15) is 6.10 Å². The summed E-state index contributed by atoms with van der Waals surface area (Å²) in [5.74, 6) is -0.716. The molecule has 0 unspecified atom stereocenters. The molecule has 7 heteroatoms. The molecule has 0 aromatic heterocycles. The van der Waals surface area contributed by atoms with E-state index in [2.05, 4.69) is 4.18 Å². The SMILES string of the molecule is CC1(C)O[C@@H](CCOS(N)(=O)=O)[C@H](c2ccccc2)O1. The summed E-state index contributed by atoms with van der Waals surface area (Å²) < 4.78 is 37.8. The lowest BCUT2D eigenvalue weighted by Gasteiger charge is -2.16. The minimum atomic E-state index is -3.92. The Kier molecular flexibility index (Phi) is 4.46. The number of ether oxygens (including phenoxy) is 2. The van der Waals surface area contributed by atoms with Crippen LogP contribution in [-0.2, 0) is 24.0 Å². The maximum Gasteiger partial charge on any atom is 0.333 e. The van der Waals surface area contributed by atoms with E-state index in [-0.39, 0.29) is 18.8 Å². The van der Waals surface area contributed by atoms with Gasteiger partial charge in [-0.3, -0.25) is 4.18 Å². The second-order valence-corrected chi connectivity index (χ2v) is 6.33. The summed E-state index contributed by atoms with van der Waals surface area (Å²) in [7, 11) is -3.92. The van der Waals surface area contributed by atoms with Crippen molar-refractivity contribution in [3.63, 3.8) is 0 Å². The van der Waals surface area contributed by atoms with Crippen LogP contribution in [0.2, 0.25) is 0 Å². The van der Waals surface area contributed by atoms with Gasteiger partial charge in [0.2, 0.25) is 0 Å². The van der Waals surface area contributed by atoms with Crippen LogP contribution < -0.4 is 5.14 Å². The lowest BCUT2D eigenvalue weighted by atomic mass is 10.0. The average Bonchev–Trinajstić information content (AvgIpc) is 2.64. The quantitative estimate of drug-likeness (QED) is 0.890. The molecule has 1 aromatic carbocycles. The Bertz CT molecular complexity index is 543. The second kappa shape index (κ2) is 5.79. The van der Waals surface area contributed by atoms with Gasteiger partial charge >= 0.3 is 10.3 Å². The lowest BCUT2D eigenvalue weighted by Crippen LogP contribution is -2.23. The predicted octanol–water partition coefficient (Wildman–Crippen LogP) is 1.49. The number of rotatable bonds is 5. The molecule has 2 atom stereocenters. The summed E-state index contributed by atoms with van der Waals surface area (Å²) in [4.78, 5) is 0. The van der Waals surface area contributed by atoms with Crippen LogP contribution in [0.3, 0.4) is 0 Å². The van der Waals surface area contributed by atoms with Gasteiger partial charge < -0.3 is 9.47 Å². The molecule has 0 amide bonds. The highest BCUT2D eigenvalue weighted by Gasteiger charge is 2.41. The summed E-state index contributed by atoms with van der Waals surface area (Å²) in [6, 6.07) is 9.65. The molecule has 2 rings (SSSR count). The summed E-state index contributed by atoms with van der Waals surface area (Å²) in [6.45, 7) is 3.61. The van der Waals surface area contributed by atoms with Crippen molar-refractivity contribution < 1.29 is 22.1 Å². The van der Waals surface area contributed by atoms with Gasteiger partial charge in [-0.15, -0.1) is 0 Å². The van der Waals surface area contributed by atoms with Crippen LogP contribution in [-0.4, -0.2) is 26.9 Å². The van der Waals surface area contributed by atoms with Gasteiger partial charge in [-0.2, -0.15) is 8.42 Å². The maximum absolute atomic E-state index is 10.8. The molecule has 1 aliphatic heterocycles. The molecule has 1 aromatic rings. The van der Waals surface area contributed by atoms with Crippen molar-refractivity contribution in [1.82, 2.24) is 0 Å². The molecule has 112 valence electrons. The van der Waals surface area contributed by atoms with Crippen molar-refractivity contribution in [2.24, 2.45) is 5.14 Å². The Morgan fingerprint density at radius 1 is 1.25 bits per heavy atom. The van der Waals surface area contributed by atoms with Gasteiger partial charge in [0, 0.05) is 6.42 Å². The predicted molar refractivity (Wildman–Crippen MR) is 72.9 cm³/mol. The van der Waals surface area contributed by atoms with Gasteiger partial charge in [-0.1, -0.05) is 30.3 Å². The van der Waals surface area contributed by atoms with E-state index in [1.165, 1.54) is 0 Å². The smallest absolute Gasteiger partial charge is 0.333 e. The Balaban J connectivity index is 2.05. The highest BCUT2D eigenvalue weighted by Crippen LogP contribution is 2.39. The van der Waals surface area contributed by atoms with Crippen molar-refractivity contribution >= 4 is 10.3 Å². The van der Waals surface area contributed by atoms with E-state index in [0.29, 0.717) is 6.42 Å². The van der Waals surface area contributed by atoms with E-state index in [1.54, 1.807) is 0 Å². The highest BCUT2D eigenvalue weighted by atomic mass is 32.2. The Morgan fingerprint density at radius 2 is 1.90 bits per heavy atom. The third-order valence-corrected chi connectivity index (χ3v) is 3.46. The summed E-state index contributed by atoms with van der Waals surface area (Å²) in [6.07, 6.45) is -0.163. The van der Waals surface area contributed by atoms with Crippen molar-refractivity contribution in [2.75, 3.05) is 6.61 Å². The fourth-order valence-electron chi connectivity index (χ4n) is 2.25. The van der Waals surface area contributed by atoms with E-state index >= 15 is 0 Å². The topological polar surface area (TPSA) is 87.9 Å². The number of hydrogen-bond donors (Lipinski definition) is 1. The van der Waals surface area contributed by atoms with Crippen LogP contribution in [0, 0.1) is 0 Å². The Hall–Kier alpha value is -0.990. The van der Waals surface area contributed by atoms with E-state index in [9.17, 15) is 8.42 Å². The van der Waals surface area contributed by atoms with E-state index < -0.39 is 16.1 Å². The standard InChI is InChI=1S/C13H19NO5S/c1-13(2)18-11(8-9-17-20(14,15)16)12(19-13)10-6-4-3-5-7-10/h3-7,11-12H,8-9H2,1-2H3,(H2,14,15,16)/t11-,12-/m0/s1. The average molecular weight is 301 g/mol. The molecule has 6 nitrogen and oxygen atoms in total. The number of nitrogens with two attached hydrogens (primary N) is 1. The van der Waals surface area contributed by atoms with Gasteiger partial charge in [0.15, 0.2) is 5.79 Å². The monoisotopic (exact) mass is 301 g/mol. The molecular formula is C13H19NO5S. The Morgan fingerprint density at radius 3 is 2.50 bits per heavy atom. The summed E-state index contributed by atoms with van der Waals surface area (Å²) in [5.41, 5.74) is 0.985. The van der Waals surface area contributed by atoms with E-state index in [4.69, 9.17) is 14.6 Å². The molecule has 2 N–H and O–H groups in total. The molecule has 0 spiro atoms. The molecule has 0 bridgehead atoms.